The maximum Gasteiger partial charge on any atom is 0.407 e. The highest BCUT2D eigenvalue weighted by Crippen LogP contribution is 2.32. The number of methoxy groups -OCH3 is 1. The molecule has 1 unspecified atom stereocenters. The third-order valence-corrected chi connectivity index (χ3v) is 5.66. The number of fused-ring (bicyclic) bond motifs is 1. The maximum absolute atomic E-state index is 13.3. The van der Waals surface area contributed by atoms with Crippen LogP contribution in [-0.4, -0.2) is 66.4 Å². The Morgan fingerprint density at radius 2 is 1.91 bits per heavy atom. The van der Waals surface area contributed by atoms with Gasteiger partial charge in [0.05, 0.1) is 25.8 Å². The molecule has 1 aromatic rings. The van der Waals surface area contributed by atoms with Crippen LogP contribution in [0.25, 0.3) is 0 Å². The topological polar surface area (TPSA) is 151 Å². The molecule has 0 saturated carbocycles. The molecule has 0 radical (unpaired) electrons. The number of hydrazine groups is 1. The summed E-state index contributed by atoms with van der Waals surface area (Å²) in [6, 6.07) is 6.67. The molecule has 1 aromatic carbocycles. The van der Waals surface area contributed by atoms with Crippen molar-refractivity contribution in [2.75, 3.05) is 25.1 Å². The second kappa shape index (κ2) is 13.7. The highest BCUT2D eigenvalue weighted by Gasteiger charge is 2.34. The van der Waals surface area contributed by atoms with Gasteiger partial charge in [0, 0.05) is 31.6 Å². The molecule has 0 bridgehead atoms. The Kier molecular flexibility index (Phi) is 12.8. The molecule has 194 valence electrons. The molecular formula is C22H37Cl2N5O5. The molecule has 3 amide bonds. The largest absolute Gasteiger partial charge is 0.453 e. The van der Waals surface area contributed by atoms with E-state index in [2.05, 4.69) is 5.32 Å². The predicted molar refractivity (Wildman–Crippen MR) is 135 cm³/mol. The van der Waals surface area contributed by atoms with Crippen LogP contribution in [0.2, 0.25) is 0 Å². The number of carbonyl (C=O) groups is 3. The van der Waals surface area contributed by atoms with E-state index in [0.717, 1.165) is 16.3 Å². The van der Waals surface area contributed by atoms with Crippen LogP contribution in [0.5, 0.6) is 0 Å². The summed E-state index contributed by atoms with van der Waals surface area (Å²) in [5.74, 6) is 5.09. The van der Waals surface area contributed by atoms with Crippen LogP contribution >= 0.6 is 24.8 Å². The Balaban J connectivity index is 0.00000544. The summed E-state index contributed by atoms with van der Waals surface area (Å²) in [5.41, 5.74) is 7.41. The van der Waals surface area contributed by atoms with Gasteiger partial charge in [0.25, 0.3) is 0 Å². The molecule has 0 saturated heterocycles. The number of nitrogens with zero attached hydrogens (tertiary/aromatic N) is 2. The van der Waals surface area contributed by atoms with Crippen LogP contribution in [0.15, 0.2) is 24.3 Å². The molecule has 34 heavy (non-hydrogen) atoms. The quantitative estimate of drug-likeness (QED) is 0.229. The first kappa shape index (κ1) is 31.9. The first-order valence-corrected chi connectivity index (χ1v) is 10.6. The zero-order chi connectivity index (χ0) is 24.1. The average molecular weight is 522 g/mol. The molecule has 0 fully saturated rings. The van der Waals surface area contributed by atoms with E-state index in [0.29, 0.717) is 19.4 Å². The highest BCUT2D eigenvalue weighted by atomic mass is 35.5. The Labute approximate surface area is 213 Å². The van der Waals surface area contributed by atoms with Gasteiger partial charge in [0.2, 0.25) is 11.8 Å². The van der Waals surface area contributed by atoms with Crippen LogP contribution in [0.3, 0.4) is 0 Å². The lowest BCUT2D eigenvalue weighted by atomic mass is 9.80. The van der Waals surface area contributed by atoms with Gasteiger partial charge in [-0.15, -0.1) is 24.8 Å². The van der Waals surface area contributed by atoms with Crippen molar-refractivity contribution in [2.24, 2.45) is 17.0 Å². The maximum atomic E-state index is 13.3. The number of ether oxygens (including phenoxy) is 1. The first-order chi connectivity index (χ1) is 14.9. The van der Waals surface area contributed by atoms with Gasteiger partial charge >= 0.3 is 6.09 Å². The predicted octanol–water partition coefficient (Wildman–Crippen LogP) is 1.36. The zero-order valence-electron chi connectivity index (χ0n) is 20.0. The number of benzene rings is 1. The van der Waals surface area contributed by atoms with Crippen molar-refractivity contribution in [3.8, 4) is 0 Å². The van der Waals surface area contributed by atoms with Gasteiger partial charge in [-0.2, -0.15) is 0 Å². The Bertz CT molecular complexity index is 842. The second-order valence-corrected chi connectivity index (χ2v) is 9.12. The summed E-state index contributed by atoms with van der Waals surface area (Å²) in [6.45, 7) is 5.36. The minimum absolute atomic E-state index is 0. The Morgan fingerprint density at radius 1 is 1.29 bits per heavy atom. The van der Waals surface area contributed by atoms with E-state index in [9.17, 15) is 19.5 Å². The van der Waals surface area contributed by atoms with E-state index in [1.165, 1.54) is 14.0 Å². The Hall–Kier alpha value is -2.11. The molecule has 6 N–H and O–H groups in total. The lowest BCUT2D eigenvalue weighted by molar-refractivity contribution is -0.130. The van der Waals surface area contributed by atoms with Crippen molar-refractivity contribution in [1.82, 2.24) is 10.3 Å². The number of alkyl carbamates (subject to hydrolysis) is 1. The smallest absolute Gasteiger partial charge is 0.407 e. The van der Waals surface area contributed by atoms with Crippen molar-refractivity contribution < 1.29 is 24.2 Å². The number of nitrogens with one attached hydrogen (secondary N) is 1. The van der Waals surface area contributed by atoms with Crippen molar-refractivity contribution >= 4 is 48.4 Å². The molecule has 0 spiro atoms. The van der Waals surface area contributed by atoms with E-state index in [4.69, 9.17) is 16.3 Å². The highest BCUT2D eigenvalue weighted by molar-refractivity contribution is 5.95. The fourth-order valence-electron chi connectivity index (χ4n) is 3.97. The van der Waals surface area contributed by atoms with Crippen LogP contribution in [0.1, 0.15) is 39.2 Å². The number of para-hydroxylation sites is 1. The van der Waals surface area contributed by atoms with E-state index in [1.54, 1.807) is 4.90 Å². The van der Waals surface area contributed by atoms with Gasteiger partial charge in [0.15, 0.2) is 0 Å². The molecule has 0 aliphatic carbocycles. The summed E-state index contributed by atoms with van der Waals surface area (Å²) in [7, 11) is 1.30. The molecule has 1 aliphatic rings. The SMILES string of the molecule is COC(=O)NC1Cc2ccccc2N(C(=O)CC(C)(C)C[C@H](N)[C@@H](O)CN(N)C(C)=O)C1.Cl.Cl. The summed E-state index contributed by atoms with van der Waals surface area (Å²) in [4.78, 5) is 38.0. The van der Waals surface area contributed by atoms with Crippen LogP contribution in [0, 0.1) is 5.41 Å². The summed E-state index contributed by atoms with van der Waals surface area (Å²) < 4.78 is 4.70. The van der Waals surface area contributed by atoms with Gasteiger partial charge in [-0.05, 0) is 29.9 Å². The second-order valence-electron chi connectivity index (χ2n) is 9.12. The van der Waals surface area contributed by atoms with E-state index < -0.39 is 23.7 Å². The minimum atomic E-state index is -1.01. The van der Waals surface area contributed by atoms with Crippen molar-refractivity contribution in [1.29, 1.82) is 0 Å². The Morgan fingerprint density at radius 3 is 2.50 bits per heavy atom. The van der Waals surface area contributed by atoms with Crippen molar-refractivity contribution in [2.45, 2.75) is 58.2 Å². The molecule has 10 nitrogen and oxygen atoms in total. The molecule has 3 atom stereocenters. The van der Waals surface area contributed by atoms with Crippen LogP contribution < -0.4 is 21.8 Å². The molecule has 0 aromatic heterocycles. The number of carbonyl (C=O) groups excluding carboxylic acids is 3. The van der Waals surface area contributed by atoms with E-state index in [-0.39, 0.29) is 55.6 Å². The van der Waals surface area contributed by atoms with E-state index in [1.807, 2.05) is 38.1 Å². The lowest BCUT2D eigenvalue weighted by Gasteiger charge is -2.37. The number of rotatable bonds is 8. The van der Waals surface area contributed by atoms with Gasteiger partial charge in [0.1, 0.15) is 0 Å². The summed E-state index contributed by atoms with van der Waals surface area (Å²) >= 11 is 0. The third kappa shape index (κ3) is 8.92. The molecular weight excluding hydrogens is 485 g/mol. The van der Waals surface area contributed by atoms with Gasteiger partial charge < -0.3 is 25.8 Å². The number of aliphatic hydroxyl groups is 1. The van der Waals surface area contributed by atoms with Gasteiger partial charge in [-0.1, -0.05) is 32.0 Å². The summed E-state index contributed by atoms with van der Waals surface area (Å²) in [5, 5.41) is 14.0. The number of aliphatic hydroxyl groups excluding tert-OH is 1. The lowest BCUT2D eigenvalue weighted by Crippen LogP contribution is -2.51. The number of halogens is 2. The molecule has 1 aliphatic heterocycles. The molecule has 1 heterocycles. The van der Waals surface area contributed by atoms with Crippen molar-refractivity contribution in [3.63, 3.8) is 0 Å². The molecule has 2 rings (SSSR count). The minimum Gasteiger partial charge on any atom is -0.453 e. The van der Waals surface area contributed by atoms with Crippen molar-refractivity contribution in [3.05, 3.63) is 29.8 Å². The standard InChI is InChI=1S/C22H35N5O5.2ClH/c1-14(28)27(24)13-19(29)17(23)10-22(2,3)11-20(30)26-12-16(25-21(31)32-4)9-15-7-5-6-8-18(15)26;;/h5-8,16-17,19,29H,9-13,23-24H2,1-4H3,(H,25,31);2*1H/t16?,17-,19-;;/m0../s1. The summed E-state index contributed by atoms with van der Waals surface area (Å²) in [6.07, 6.45) is -0.415. The average Bonchev–Trinajstić information content (AvgIpc) is 2.71. The molecule has 12 heteroatoms. The van der Waals surface area contributed by atoms with Gasteiger partial charge in [-0.3, -0.25) is 14.6 Å². The van der Waals surface area contributed by atoms with Crippen LogP contribution in [-0.2, 0) is 20.7 Å². The zero-order valence-corrected chi connectivity index (χ0v) is 21.7. The number of amides is 3. The van der Waals surface area contributed by atoms with Crippen LogP contribution in [0.4, 0.5) is 10.5 Å². The number of anilines is 1. The van der Waals surface area contributed by atoms with Gasteiger partial charge in [-0.25, -0.2) is 10.6 Å². The van der Waals surface area contributed by atoms with E-state index >= 15 is 0 Å². The fourth-order valence-corrected chi connectivity index (χ4v) is 3.97. The fraction of sp³-hybridized carbons (Fsp3) is 0.591. The monoisotopic (exact) mass is 521 g/mol. The third-order valence-electron chi connectivity index (χ3n) is 5.66. The number of hydrogen-bond acceptors (Lipinski definition) is 7. The normalized spacial score (nSPS) is 16.7. The number of hydrogen-bond donors (Lipinski definition) is 4. The number of nitrogens with two attached hydrogens (primary N) is 2. The first-order valence-electron chi connectivity index (χ1n) is 10.6.